The number of rotatable bonds is 2. The van der Waals surface area contributed by atoms with Crippen molar-refractivity contribution in [2.75, 3.05) is 19.6 Å². The predicted molar refractivity (Wildman–Crippen MR) is 104 cm³/mol. The van der Waals surface area contributed by atoms with Crippen LogP contribution in [-0.4, -0.2) is 40.4 Å². The second-order valence-corrected chi connectivity index (χ2v) is 6.37. The van der Waals surface area contributed by atoms with Crippen LogP contribution in [0.4, 0.5) is 0 Å². The summed E-state index contributed by atoms with van der Waals surface area (Å²) in [6.45, 7) is 3.58. The van der Waals surface area contributed by atoms with Gasteiger partial charge in [0, 0.05) is 43.7 Å². The highest BCUT2D eigenvalue weighted by atomic mass is 35.5. The van der Waals surface area contributed by atoms with Gasteiger partial charge in [-0.05, 0) is 31.4 Å². The Morgan fingerprint density at radius 3 is 2.68 bits per heavy atom. The molecule has 0 unspecified atom stereocenters. The van der Waals surface area contributed by atoms with Gasteiger partial charge in [0.05, 0.1) is 11.4 Å². The van der Waals surface area contributed by atoms with Crippen LogP contribution in [0.5, 0.6) is 0 Å². The maximum Gasteiger partial charge on any atom is 0.253 e. The predicted octanol–water partition coefficient (Wildman–Crippen LogP) is 3.19. The third kappa shape index (κ3) is 4.17. The fourth-order valence-electron chi connectivity index (χ4n) is 3.43. The summed E-state index contributed by atoms with van der Waals surface area (Å²) >= 11 is 0. The molecule has 5 nitrogen and oxygen atoms in total. The monoisotopic (exact) mass is 382 g/mol. The lowest BCUT2D eigenvalue weighted by atomic mass is 10.1. The quantitative estimate of drug-likeness (QED) is 0.838. The topological polar surface area (TPSA) is 61.0 Å². The molecule has 2 N–H and O–H groups in total. The van der Waals surface area contributed by atoms with Crippen LogP contribution in [0, 0.1) is 0 Å². The van der Waals surface area contributed by atoms with Gasteiger partial charge >= 0.3 is 0 Å². The van der Waals surface area contributed by atoms with E-state index >= 15 is 0 Å². The number of carbonyl (C=O) groups excluding carboxylic acids is 1. The van der Waals surface area contributed by atoms with Crippen molar-refractivity contribution in [2.45, 2.75) is 32.2 Å². The molecule has 2 aliphatic heterocycles. The molecule has 136 valence electrons. The first kappa shape index (κ1) is 19.8. The Balaban J connectivity index is 0.00000113. The molecule has 0 spiro atoms. The molecule has 4 rings (SSSR count). The Kier molecular flexibility index (Phi) is 6.87. The first-order chi connectivity index (χ1) is 11.3. The van der Waals surface area contributed by atoms with Gasteiger partial charge in [0.15, 0.2) is 0 Å². The Hall–Kier alpha value is -1.56. The Labute approximate surface area is 160 Å². The van der Waals surface area contributed by atoms with E-state index in [4.69, 9.17) is 4.98 Å². The van der Waals surface area contributed by atoms with Crippen LogP contribution in [0.15, 0.2) is 24.3 Å². The molecule has 2 aromatic rings. The maximum absolute atomic E-state index is 12.7. The molecule has 0 aliphatic carbocycles. The van der Waals surface area contributed by atoms with Gasteiger partial charge in [-0.3, -0.25) is 4.79 Å². The van der Waals surface area contributed by atoms with Crippen molar-refractivity contribution in [2.24, 2.45) is 0 Å². The van der Waals surface area contributed by atoms with Crippen molar-refractivity contribution < 1.29 is 4.79 Å². The standard InChI is InChI=1S/C18H22N4O.2ClH/c23-18(22-9-2-1-3-10-22)14-6-4-5-13(11-14)17-20-15-7-8-19-12-16(15)21-17;;/h4-6,11,19H,1-3,7-10,12H2,(H,20,21);2*1H. The maximum atomic E-state index is 12.7. The number of H-pyrrole nitrogens is 1. The van der Waals surface area contributed by atoms with Gasteiger partial charge in [-0.15, -0.1) is 24.8 Å². The molecule has 2 aliphatic rings. The molecule has 7 heteroatoms. The highest BCUT2D eigenvalue weighted by Gasteiger charge is 2.19. The van der Waals surface area contributed by atoms with Crippen molar-refractivity contribution in [3.8, 4) is 11.4 Å². The summed E-state index contributed by atoms with van der Waals surface area (Å²) in [7, 11) is 0. The lowest BCUT2D eigenvalue weighted by molar-refractivity contribution is 0.0724. The van der Waals surface area contributed by atoms with Gasteiger partial charge in [-0.25, -0.2) is 4.98 Å². The molecule has 0 atom stereocenters. The summed E-state index contributed by atoms with van der Waals surface area (Å²) in [4.78, 5) is 22.7. The number of carbonyl (C=O) groups is 1. The van der Waals surface area contributed by atoms with Crippen LogP contribution in [0.25, 0.3) is 11.4 Å². The number of benzene rings is 1. The van der Waals surface area contributed by atoms with E-state index in [1.807, 2.05) is 29.2 Å². The number of aromatic nitrogens is 2. The molecule has 25 heavy (non-hydrogen) atoms. The van der Waals surface area contributed by atoms with Crippen LogP contribution in [-0.2, 0) is 13.0 Å². The first-order valence-corrected chi connectivity index (χ1v) is 8.49. The van der Waals surface area contributed by atoms with Crippen LogP contribution in [0.3, 0.4) is 0 Å². The van der Waals surface area contributed by atoms with E-state index in [9.17, 15) is 4.79 Å². The van der Waals surface area contributed by atoms with E-state index in [0.29, 0.717) is 0 Å². The Morgan fingerprint density at radius 1 is 1.12 bits per heavy atom. The number of aromatic amines is 1. The lowest BCUT2D eigenvalue weighted by Gasteiger charge is -2.26. The molecule has 3 heterocycles. The first-order valence-electron chi connectivity index (χ1n) is 8.49. The smallest absolute Gasteiger partial charge is 0.253 e. The van der Waals surface area contributed by atoms with Gasteiger partial charge in [0.1, 0.15) is 5.82 Å². The molecule has 0 radical (unpaired) electrons. The number of hydrogen-bond acceptors (Lipinski definition) is 3. The van der Waals surface area contributed by atoms with Crippen molar-refractivity contribution in [3.63, 3.8) is 0 Å². The highest BCUT2D eigenvalue weighted by Crippen LogP contribution is 2.22. The second-order valence-electron chi connectivity index (χ2n) is 6.37. The van der Waals surface area contributed by atoms with E-state index in [0.717, 1.165) is 68.1 Å². The number of nitrogens with zero attached hydrogens (tertiary/aromatic N) is 2. The molecule has 0 bridgehead atoms. The number of fused-ring (bicyclic) bond motifs is 1. The zero-order valence-corrected chi connectivity index (χ0v) is 15.7. The number of piperidine rings is 1. The summed E-state index contributed by atoms with van der Waals surface area (Å²) in [6.07, 6.45) is 4.42. The average Bonchev–Trinajstić information content (AvgIpc) is 3.06. The normalized spacial score (nSPS) is 16.4. The SMILES string of the molecule is Cl.Cl.O=C(c1cccc(-c2nc3c([nH]2)CNCC3)c1)N1CCCCC1. The van der Waals surface area contributed by atoms with E-state index in [-0.39, 0.29) is 30.7 Å². The zero-order valence-electron chi connectivity index (χ0n) is 14.1. The van der Waals surface area contributed by atoms with Crippen LogP contribution in [0.1, 0.15) is 41.0 Å². The summed E-state index contributed by atoms with van der Waals surface area (Å²) in [5, 5.41) is 3.35. The largest absolute Gasteiger partial charge is 0.341 e. The van der Waals surface area contributed by atoms with Crippen LogP contribution < -0.4 is 5.32 Å². The van der Waals surface area contributed by atoms with Crippen LogP contribution >= 0.6 is 24.8 Å². The summed E-state index contributed by atoms with van der Waals surface area (Å²) < 4.78 is 0. The minimum Gasteiger partial charge on any atom is -0.341 e. The van der Waals surface area contributed by atoms with E-state index in [1.165, 1.54) is 12.1 Å². The minimum absolute atomic E-state index is 0. The molecule has 1 aromatic carbocycles. The summed E-state index contributed by atoms with van der Waals surface area (Å²) in [6, 6.07) is 7.84. The third-order valence-corrected chi connectivity index (χ3v) is 4.73. The zero-order chi connectivity index (χ0) is 15.6. The van der Waals surface area contributed by atoms with Gasteiger partial charge in [-0.2, -0.15) is 0 Å². The lowest BCUT2D eigenvalue weighted by Crippen LogP contribution is -2.35. The molecular formula is C18H24Cl2N4O. The average molecular weight is 383 g/mol. The van der Waals surface area contributed by atoms with E-state index in [1.54, 1.807) is 0 Å². The number of imidazole rings is 1. The van der Waals surface area contributed by atoms with Crippen molar-refractivity contribution in [1.29, 1.82) is 0 Å². The molecule has 1 amide bonds. The molecule has 0 saturated carbocycles. The van der Waals surface area contributed by atoms with E-state index in [2.05, 4.69) is 10.3 Å². The molecule has 1 saturated heterocycles. The highest BCUT2D eigenvalue weighted by molar-refractivity contribution is 5.95. The molecular weight excluding hydrogens is 359 g/mol. The van der Waals surface area contributed by atoms with Gasteiger partial charge in [0.25, 0.3) is 5.91 Å². The summed E-state index contributed by atoms with van der Waals surface area (Å²) in [5.41, 5.74) is 4.06. The summed E-state index contributed by atoms with van der Waals surface area (Å²) in [5.74, 6) is 1.01. The molecule has 1 aromatic heterocycles. The Bertz CT molecular complexity index is 702. The second kappa shape index (κ2) is 8.70. The van der Waals surface area contributed by atoms with Crippen molar-refractivity contribution in [3.05, 3.63) is 41.2 Å². The van der Waals surface area contributed by atoms with Gasteiger partial charge in [0.2, 0.25) is 0 Å². The fourth-order valence-corrected chi connectivity index (χ4v) is 3.43. The van der Waals surface area contributed by atoms with Gasteiger partial charge < -0.3 is 15.2 Å². The van der Waals surface area contributed by atoms with Crippen molar-refractivity contribution >= 4 is 30.7 Å². The minimum atomic E-state index is 0. The number of nitrogens with one attached hydrogen (secondary N) is 2. The fraction of sp³-hybridized carbons (Fsp3) is 0.444. The number of hydrogen-bond donors (Lipinski definition) is 2. The van der Waals surface area contributed by atoms with E-state index < -0.39 is 0 Å². The molecule has 1 fully saturated rings. The number of halogens is 2. The van der Waals surface area contributed by atoms with Crippen LogP contribution in [0.2, 0.25) is 0 Å². The number of likely N-dealkylation sites (tertiary alicyclic amines) is 1. The Morgan fingerprint density at radius 2 is 1.92 bits per heavy atom. The van der Waals surface area contributed by atoms with Gasteiger partial charge in [-0.1, -0.05) is 12.1 Å². The van der Waals surface area contributed by atoms with Crippen molar-refractivity contribution in [1.82, 2.24) is 20.2 Å². The number of amides is 1. The third-order valence-electron chi connectivity index (χ3n) is 4.73.